The Balaban J connectivity index is 2.07. The summed E-state index contributed by atoms with van der Waals surface area (Å²) in [5.74, 6) is 0. The van der Waals surface area contributed by atoms with Gasteiger partial charge in [-0.2, -0.15) is 0 Å². The van der Waals surface area contributed by atoms with Crippen LogP contribution in [0, 0.1) is 24.0 Å². The molecule has 0 bridgehead atoms. The monoisotopic (exact) mass is 362 g/mol. The lowest BCUT2D eigenvalue weighted by Gasteiger charge is -2.36. The smallest absolute Gasteiger partial charge is 0.269 e. The summed E-state index contributed by atoms with van der Waals surface area (Å²) in [6, 6.07) is 13.2. The molecule has 0 radical (unpaired) electrons. The standard InChI is InChI=1S/C23H26N2O2/c1-4-23(13-6-5-7-14-23)24-22(20-12-11-17(2)18(3)15-20)19-9-8-10-21(16-19)25(26)27/h5-13,15-16,22,24H,4,14H2,1-3H3/t22?,23-/m1/s1. The summed E-state index contributed by atoms with van der Waals surface area (Å²) in [6.45, 7) is 6.36. The van der Waals surface area contributed by atoms with Crippen molar-refractivity contribution in [2.75, 3.05) is 0 Å². The molecule has 2 aromatic rings. The van der Waals surface area contributed by atoms with Crippen molar-refractivity contribution < 1.29 is 4.92 Å². The predicted octanol–water partition coefficient (Wildman–Crippen LogP) is 5.56. The molecular weight excluding hydrogens is 336 g/mol. The zero-order valence-corrected chi connectivity index (χ0v) is 16.1. The average Bonchev–Trinajstić information content (AvgIpc) is 2.69. The maximum atomic E-state index is 11.3. The molecule has 1 unspecified atom stereocenters. The highest BCUT2D eigenvalue weighted by atomic mass is 16.6. The first-order valence-corrected chi connectivity index (χ1v) is 9.38. The summed E-state index contributed by atoms with van der Waals surface area (Å²) in [4.78, 5) is 11.0. The number of allylic oxidation sites excluding steroid dienone is 2. The molecule has 0 spiro atoms. The van der Waals surface area contributed by atoms with Gasteiger partial charge in [-0.1, -0.05) is 61.6 Å². The minimum atomic E-state index is -0.334. The van der Waals surface area contributed by atoms with Gasteiger partial charge in [-0.25, -0.2) is 0 Å². The summed E-state index contributed by atoms with van der Waals surface area (Å²) in [5, 5.41) is 15.1. The van der Waals surface area contributed by atoms with Crippen LogP contribution in [0.25, 0.3) is 0 Å². The van der Waals surface area contributed by atoms with E-state index in [4.69, 9.17) is 0 Å². The molecule has 1 N–H and O–H groups in total. The predicted molar refractivity (Wildman–Crippen MR) is 110 cm³/mol. The van der Waals surface area contributed by atoms with E-state index < -0.39 is 0 Å². The van der Waals surface area contributed by atoms with E-state index in [2.05, 4.69) is 68.6 Å². The Labute approximate surface area is 160 Å². The van der Waals surface area contributed by atoms with Gasteiger partial charge in [0.15, 0.2) is 0 Å². The topological polar surface area (TPSA) is 55.2 Å². The van der Waals surface area contributed by atoms with Crippen molar-refractivity contribution in [2.24, 2.45) is 0 Å². The van der Waals surface area contributed by atoms with Crippen LogP contribution in [0.3, 0.4) is 0 Å². The summed E-state index contributed by atoms with van der Waals surface area (Å²) in [6.07, 6.45) is 10.3. The first-order chi connectivity index (χ1) is 12.9. The fourth-order valence-electron chi connectivity index (χ4n) is 3.54. The molecule has 4 nitrogen and oxygen atoms in total. The van der Waals surface area contributed by atoms with Crippen LogP contribution >= 0.6 is 0 Å². The Morgan fingerprint density at radius 1 is 1.11 bits per heavy atom. The van der Waals surface area contributed by atoms with Gasteiger partial charge in [-0.3, -0.25) is 15.4 Å². The van der Waals surface area contributed by atoms with Crippen LogP contribution in [0.4, 0.5) is 5.69 Å². The molecule has 0 heterocycles. The second-order valence-electron chi connectivity index (χ2n) is 7.27. The third kappa shape index (κ3) is 4.17. The van der Waals surface area contributed by atoms with Crippen molar-refractivity contribution in [1.29, 1.82) is 0 Å². The summed E-state index contributed by atoms with van der Waals surface area (Å²) in [7, 11) is 0. The molecule has 0 aliphatic heterocycles. The number of non-ortho nitro benzene ring substituents is 1. The molecule has 4 heteroatoms. The molecule has 27 heavy (non-hydrogen) atoms. The van der Waals surface area contributed by atoms with Gasteiger partial charge in [0.2, 0.25) is 0 Å². The molecule has 140 valence electrons. The average molecular weight is 362 g/mol. The molecule has 2 atom stereocenters. The second-order valence-corrected chi connectivity index (χ2v) is 7.27. The van der Waals surface area contributed by atoms with Crippen LogP contribution in [-0.4, -0.2) is 10.5 Å². The van der Waals surface area contributed by atoms with Crippen LogP contribution in [0.15, 0.2) is 66.8 Å². The SMILES string of the molecule is CC[C@@]1(NC(c2cccc([N+](=O)[O-])c2)c2ccc(C)c(C)c2)C=CC=CC1. The lowest BCUT2D eigenvalue weighted by Crippen LogP contribution is -2.45. The van der Waals surface area contributed by atoms with Gasteiger partial charge < -0.3 is 0 Å². The van der Waals surface area contributed by atoms with Gasteiger partial charge in [0, 0.05) is 17.7 Å². The van der Waals surface area contributed by atoms with E-state index in [9.17, 15) is 10.1 Å². The third-order valence-electron chi connectivity index (χ3n) is 5.49. The molecule has 0 amide bonds. The fourth-order valence-corrected chi connectivity index (χ4v) is 3.54. The molecule has 0 aromatic heterocycles. The van der Waals surface area contributed by atoms with Crippen molar-refractivity contribution in [2.45, 2.75) is 45.2 Å². The van der Waals surface area contributed by atoms with Gasteiger partial charge >= 0.3 is 0 Å². The van der Waals surface area contributed by atoms with Crippen LogP contribution in [0.1, 0.15) is 48.1 Å². The van der Waals surface area contributed by atoms with Gasteiger partial charge in [0.25, 0.3) is 5.69 Å². The van der Waals surface area contributed by atoms with Gasteiger partial charge in [-0.05, 0) is 48.9 Å². The maximum Gasteiger partial charge on any atom is 0.269 e. The number of hydrogen-bond acceptors (Lipinski definition) is 3. The zero-order chi connectivity index (χ0) is 19.4. The van der Waals surface area contributed by atoms with Crippen LogP contribution in [0.2, 0.25) is 0 Å². The first kappa shape index (κ1) is 19.1. The number of benzene rings is 2. The molecule has 2 aromatic carbocycles. The number of nitro groups is 1. The maximum absolute atomic E-state index is 11.3. The van der Waals surface area contributed by atoms with Crippen LogP contribution in [0.5, 0.6) is 0 Å². The Kier molecular flexibility index (Phi) is 5.57. The van der Waals surface area contributed by atoms with Crippen molar-refractivity contribution >= 4 is 5.69 Å². The van der Waals surface area contributed by atoms with E-state index in [0.29, 0.717) is 0 Å². The van der Waals surface area contributed by atoms with E-state index >= 15 is 0 Å². The zero-order valence-electron chi connectivity index (χ0n) is 16.1. The third-order valence-corrected chi connectivity index (χ3v) is 5.49. The van der Waals surface area contributed by atoms with Crippen LogP contribution < -0.4 is 5.32 Å². The van der Waals surface area contributed by atoms with Crippen molar-refractivity contribution in [3.05, 3.63) is 99.1 Å². The minimum absolute atomic E-state index is 0.118. The Hall–Kier alpha value is -2.72. The van der Waals surface area contributed by atoms with E-state index in [1.54, 1.807) is 18.2 Å². The van der Waals surface area contributed by atoms with Crippen molar-refractivity contribution in [3.63, 3.8) is 0 Å². The van der Waals surface area contributed by atoms with E-state index in [1.807, 2.05) is 6.07 Å². The lowest BCUT2D eigenvalue weighted by atomic mass is 9.85. The van der Waals surface area contributed by atoms with Gasteiger partial charge in [-0.15, -0.1) is 0 Å². The summed E-state index contributed by atoms with van der Waals surface area (Å²) in [5.41, 5.74) is 4.44. The lowest BCUT2D eigenvalue weighted by molar-refractivity contribution is -0.384. The minimum Gasteiger partial charge on any atom is -0.297 e. The summed E-state index contributed by atoms with van der Waals surface area (Å²) >= 11 is 0. The molecule has 1 aliphatic carbocycles. The van der Waals surface area contributed by atoms with Gasteiger partial charge in [0.05, 0.1) is 11.0 Å². The molecular formula is C23H26N2O2. The second kappa shape index (κ2) is 7.89. The highest BCUT2D eigenvalue weighted by molar-refractivity contribution is 5.42. The highest BCUT2D eigenvalue weighted by Gasteiger charge is 2.30. The molecule has 0 saturated carbocycles. The van der Waals surface area contributed by atoms with E-state index in [-0.39, 0.29) is 22.2 Å². The molecule has 3 rings (SSSR count). The number of nitrogens with one attached hydrogen (secondary N) is 1. The highest BCUT2D eigenvalue weighted by Crippen LogP contribution is 2.32. The fraction of sp³-hybridized carbons (Fsp3) is 0.304. The Bertz CT molecular complexity index is 901. The largest absolute Gasteiger partial charge is 0.297 e. The number of aryl methyl sites for hydroxylation is 2. The van der Waals surface area contributed by atoms with E-state index in [1.165, 1.54) is 11.1 Å². The quantitative estimate of drug-likeness (QED) is 0.541. The van der Waals surface area contributed by atoms with Crippen molar-refractivity contribution in [1.82, 2.24) is 5.32 Å². The molecule has 1 aliphatic rings. The molecule has 0 fully saturated rings. The number of nitro benzene ring substituents is 1. The normalized spacial score (nSPS) is 19.8. The van der Waals surface area contributed by atoms with Gasteiger partial charge in [0.1, 0.15) is 0 Å². The number of hydrogen-bond donors (Lipinski definition) is 1. The molecule has 0 saturated heterocycles. The van der Waals surface area contributed by atoms with Crippen molar-refractivity contribution in [3.8, 4) is 0 Å². The Morgan fingerprint density at radius 3 is 2.52 bits per heavy atom. The van der Waals surface area contributed by atoms with E-state index in [0.717, 1.165) is 24.0 Å². The van der Waals surface area contributed by atoms with Crippen LogP contribution in [-0.2, 0) is 0 Å². The number of rotatable bonds is 6. The Morgan fingerprint density at radius 2 is 1.89 bits per heavy atom. The summed E-state index contributed by atoms with van der Waals surface area (Å²) < 4.78 is 0. The number of nitrogens with zero attached hydrogens (tertiary/aromatic N) is 1. The first-order valence-electron chi connectivity index (χ1n) is 9.38.